The average Bonchev–Trinajstić information content (AvgIpc) is 3.19. The van der Waals surface area contributed by atoms with E-state index < -0.39 is 0 Å². The van der Waals surface area contributed by atoms with Gasteiger partial charge >= 0.3 is 0 Å². The molecular weight excluding hydrogens is 416 g/mol. The molecule has 160 valence electrons. The van der Waals surface area contributed by atoms with E-state index in [1.807, 2.05) is 12.1 Å². The van der Waals surface area contributed by atoms with Gasteiger partial charge in [-0.25, -0.2) is 9.67 Å². The van der Waals surface area contributed by atoms with Gasteiger partial charge in [-0.3, -0.25) is 4.90 Å². The summed E-state index contributed by atoms with van der Waals surface area (Å²) in [5, 5.41) is 13.9. The normalized spacial score (nSPS) is 14.3. The molecule has 9 nitrogen and oxygen atoms in total. The second-order valence-corrected chi connectivity index (χ2v) is 7.36. The van der Waals surface area contributed by atoms with Gasteiger partial charge in [0.25, 0.3) is 4.84 Å². The standard InChI is InChI=1S/C21H22N6O3S/c1-28-17-10-16(11-18(12-17)29-2)20-24-27(21(31)30-20)14-25-6-8-26(9-7-25)19-15(13-22)4-3-5-23-19/h3-5,10-12H,6-9,14H2,1-2H3. The van der Waals surface area contributed by atoms with Crippen molar-refractivity contribution in [2.45, 2.75) is 6.67 Å². The molecule has 0 N–H and O–H groups in total. The summed E-state index contributed by atoms with van der Waals surface area (Å²) in [5.41, 5.74) is 1.32. The number of benzene rings is 1. The molecule has 1 aliphatic rings. The van der Waals surface area contributed by atoms with Crippen LogP contribution in [0.2, 0.25) is 0 Å². The summed E-state index contributed by atoms with van der Waals surface area (Å²) in [4.78, 5) is 9.04. The molecule has 0 bridgehead atoms. The van der Waals surface area contributed by atoms with Crippen LogP contribution in [0.25, 0.3) is 11.5 Å². The van der Waals surface area contributed by atoms with Gasteiger partial charge in [0.1, 0.15) is 23.4 Å². The van der Waals surface area contributed by atoms with Crippen LogP contribution in [0.4, 0.5) is 5.82 Å². The maximum atomic E-state index is 9.31. The molecule has 0 aliphatic carbocycles. The zero-order valence-electron chi connectivity index (χ0n) is 17.3. The van der Waals surface area contributed by atoms with Crippen molar-refractivity contribution in [1.82, 2.24) is 19.7 Å². The zero-order valence-corrected chi connectivity index (χ0v) is 18.1. The van der Waals surface area contributed by atoms with Crippen LogP contribution in [-0.2, 0) is 6.67 Å². The first-order valence-electron chi connectivity index (χ1n) is 9.75. The third-order valence-corrected chi connectivity index (χ3v) is 5.41. The Labute approximate surface area is 185 Å². The van der Waals surface area contributed by atoms with Crippen molar-refractivity contribution < 1.29 is 13.9 Å². The lowest BCUT2D eigenvalue weighted by Crippen LogP contribution is -2.47. The van der Waals surface area contributed by atoms with Crippen LogP contribution < -0.4 is 14.4 Å². The maximum absolute atomic E-state index is 9.31. The lowest BCUT2D eigenvalue weighted by Gasteiger charge is -2.35. The molecule has 1 saturated heterocycles. The highest BCUT2D eigenvalue weighted by molar-refractivity contribution is 7.71. The predicted octanol–water partition coefficient (Wildman–Crippen LogP) is 2.94. The Bertz CT molecular complexity index is 1140. The Kier molecular flexibility index (Phi) is 6.16. The molecule has 4 rings (SSSR count). The largest absolute Gasteiger partial charge is 0.497 e. The van der Waals surface area contributed by atoms with Gasteiger partial charge in [-0.05, 0) is 36.5 Å². The zero-order chi connectivity index (χ0) is 21.8. The van der Waals surface area contributed by atoms with Gasteiger partial charge < -0.3 is 18.8 Å². The summed E-state index contributed by atoms with van der Waals surface area (Å²) in [6.45, 7) is 3.62. The number of hydrogen-bond donors (Lipinski definition) is 0. The molecule has 0 spiro atoms. The first kappa shape index (κ1) is 20.8. The number of nitrogens with zero attached hydrogens (tertiary/aromatic N) is 6. The molecule has 1 fully saturated rings. The van der Waals surface area contributed by atoms with E-state index in [4.69, 9.17) is 26.1 Å². The molecule has 0 amide bonds. The molecule has 31 heavy (non-hydrogen) atoms. The Morgan fingerprint density at radius 2 is 1.84 bits per heavy atom. The SMILES string of the molecule is COc1cc(OC)cc(-c2nn(CN3CCN(c4ncccc4C#N)CC3)c(=S)o2)c1. The Morgan fingerprint density at radius 1 is 1.13 bits per heavy atom. The lowest BCUT2D eigenvalue weighted by atomic mass is 10.2. The van der Waals surface area contributed by atoms with Crippen molar-refractivity contribution >= 4 is 18.0 Å². The number of hydrogen-bond acceptors (Lipinski definition) is 9. The number of nitriles is 1. The first-order valence-corrected chi connectivity index (χ1v) is 10.2. The molecule has 2 aromatic heterocycles. The summed E-state index contributed by atoms with van der Waals surface area (Å²) in [6, 6.07) is 11.2. The van der Waals surface area contributed by atoms with Crippen LogP contribution in [0, 0.1) is 16.2 Å². The molecule has 10 heteroatoms. The summed E-state index contributed by atoms with van der Waals surface area (Å²) < 4.78 is 18.0. The van der Waals surface area contributed by atoms with Gasteiger partial charge in [0.05, 0.1) is 26.5 Å². The second kappa shape index (κ2) is 9.16. The van der Waals surface area contributed by atoms with E-state index in [1.54, 1.807) is 43.3 Å². The number of piperazine rings is 1. The van der Waals surface area contributed by atoms with Crippen molar-refractivity contribution in [3.63, 3.8) is 0 Å². The number of aromatic nitrogens is 3. The molecule has 0 atom stereocenters. The highest BCUT2D eigenvalue weighted by Crippen LogP contribution is 2.29. The molecule has 3 heterocycles. The fraction of sp³-hybridized carbons (Fsp3) is 0.333. The third-order valence-electron chi connectivity index (χ3n) is 5.12. The maximum Gasteiger partial charge on any atom is 0.288 e. The minimum absolute atomic E-state index is 0.302. The molecular formula is C21H22N6O3S. The van der Waals surface area contributed by atoms with Crippen molar-refractivity contribution in [2.24, 2.45) is 0 Å². The van der Waals surface area contributed by atoms with Crippen molar-refractivity contribution in [1.29, 1.82) is 5.26 Å². The number of methoxy groups -OCH3 is 2. The van der Waals surface area contributed by atoms with E-state index in [1.165, 1.54) is 0 Å². The Balaban J connectivity index is 1.46. The molecule has 3 aromatic rings. The molecule has 0 radical (unpaired) electrons. The van der Waals surface area contributed by atoms with Crippen LogP contribution in [0.5, 0.6) is 11.5 Å². The fourth-order valence-electron chi connectivity index (χ4n) is 3.47. The lowest BCUT2D eigenvalue weighted by molar-refractivity contribution is 0.192. The highest BCUT2D eigenvalue weighted by Gasteiger charge is 2.21. The quantitative estimate of drug-likeness (QED) is 0.539. The van der Waals surface area contributed by atoms with Crippen molar-refractivity contribution in [3.8, 4) is 29.0 Å². The second-order valence-electron chi connectivity index (χ2n) is 7.01. The molecule has 1 aromatic carbocycles. The Morgan fingerprint density at radius 3 is 2.48 bits per heavy atom. The van der Waals surface area contributed by atoms with Crippen LogP contribution in [0.1, 0.15) is 5.56 Å². The summed E-state index contributed by atoms with van der Waals surface area (Å²) in [5.74, 6) is 2.43. The van der Waals surface area contributed by atoms with E-state index in [0.29, 0.717) is 34.5 Å². The smallest absolute Gasteiger partial charge is 0.288 e. The van der Waals surface area contributed by atoms with Crippen LogP contribution in [0.15, 0.2) is 40.9 Å². The topological polar surface area (TPSA) is 92.6 Å². The van der Waals surface area contributed by atoms with Gasteiger partial charge in [-0.1, -0.05) is 0 Å². The van der Waals surface area contributed by atoms with Gasteiger partial charge in [0.2, 0.25) is 5.89 Å². The van der Waals surface area contributed by atoms with Crippen LogP contribution in [0.3, 0.4) is 0 Å². The minimum atomic E-state index is 0.302. The van der Waals surface area contributed by atoms with E-state index in [0.717, 1.165) is 37.6 Å². The summed E-state index contributed by atoms with van der Waals surface area (Å²) in [6.07, 6.45) is 1.71. The van der Waals surface area contributed by atoms with Crippen LogP contribution in [-0.4, -0.2) is 60.1 Å². The van der Waals surface area contributed by atoms with Gasteiger partial charge in [-0.15, -0.1) is 5.10 Å². The molecule has 1 aliphatic heterocycles. The molecule has 0 unspecified atom stereocenters. The number of pyridine rings is 1. The van der Waals surface area contributed by atoms with E-state index in [9.17, 15) is 5.26 Å². The van der Waals surface area contributed by atoms with E-state index >= 15 is 0 Å². The number of anilines is 1. The first-order chi connectivity index (χ1) is 15.1. The number of rotatable bonds is 6. The van der Waals surface area contributed by atoms with Crippen molar-refractivity contribution in [2.75, 3.05) is 45.3 Å². The van der Waals surface area contributed by atoms with Gasteiger partial charge in [0, 0.05) is 44.0 Å². The summed E-state index contributed by atoms with van der Waals surface area (Å²) >= 11 is 5.38. The van der Waals surface area contributed by atoms with Gasteiger partial charge in [0.15, 0.2) is 0 Å². The van der Waals surface area contributed by atoms with Gasteiger partial charge in [-0.2, -0.15) is 5.26 Å². The van der Waals surface area contributed by atoms with E-state index in [2.05, 4.69) is 26.0 Å². The highest BCUT2D eigenvalue weighted by atomic mass is 32.1. The Hall–Kier alpha value is -3.42. The summed E-state index contributed by atoms with van der Waals surface area (Å²) in [7, 11) is 3.19. The average molecular weight is 439 g/mol. The van der Waals surface area contributed by atoms with Crippen LogP contribution >= 0.6 is 12.2 Å². The number of ether oxygens (including phenoxy) is 2. The predicted molar refractivity (Wildman–Crippen MR) is 117 cm³/mol. The minimum Gasteiger partial charge on any atom is -0.497 e. The monoisotopic (exact) mass is 438 g/mol. The van der Waals surface area contributed by atoms with Crippen molar-refractivity contribution in [3.05, 3.63) is 46.9 Å². The van der Waals surface area contributed by atoms with E-state index in [-0.39, 0.29) is 0 Å². The molecule has 0 saturated carbocycles. The fourth-order valence-corrected chi connectivity index (χ4v) is 3.65. The third kappa shape index (κ3) is 4.52.